The van der Waals surface area contributed by atoms with E-state index in [1.165, 1.54) is 0 Å². The van der Waals surface area contributed by atoms with Crippen molar-refractivity contribution in [2.45, 2.75) is 0 Å². The molecule has 0 atom stereocenters. The number of ether oxygens (including phenoxy) is 2. The van der Waals surface area contributed by atoms with Crippen molar-refractivity contribution in [2.75, 3.05) is 26.4 Å². The summed E-state index contributed by atoms with van der Waals surface area (Å²) < 4.78 is 9.89. The molecule has 1 heterocycles. The molecule has 0 N–H and O–H groups in total. The predicted molar refractivity (Wildman–Crippen MR) is 48.6 cm³/mol. The van der Waals surface area contributed by atoms with Crippen LogP contribution in [0.15, 0.2) is 0 Å². The van der Waals surface area contributed by atoms with E-state index < -0.39 is 0 Å². The maximum atomic E-state index is 7.75. The van der Waals surface area contributed by atoms with Crippen LogP contribution < -0.4 is 59.1 Å². The molecule has 1 saturated heterocycles. The average molecular weight is 306 g/mol. The van der Waals surface area contributed by atoms with Gasteiger partial charge in [0.2, 0.25) is 0 Å². The summed E-state index contributed by atoms with van der Waals surface area (Å²) in [6, 6.07) is 0. The molecule has 0 aromatic heterocycles. The molecule has 0 bridgehead atoms. The van der Waals surface area contributed by atoms with Gasteiger partial charge in [-0.25, -0.2) is 0 Å². The molecular formula is C8H12FeNa2O6. The van der Waals surface area contributed by atoms with Crippen LogP contribution >= 0.6 is 0 Å². The molecular weight excluding hydrogens is 294 g/mol. The second kappa shape index (κ2) is 87.8. The van der Waals surface area contributed by atoms with Gasteiger partial charge in [-0.05, 0) is 0 Å². The molecule has 0 saturated carbocycles. The molecule has 1 rings (SSSR count). The van der Waals surface area contributed by atoms with Gasteiger partial charge in [-0.2, -0.15) is 0 Å². The summed E-state index contributed by atoms with van der Waals surface area (Å²) in [6.07, 6.45) is 0. The normalized spacial score (nSPS) is 9.41. The van der Waals surface area contributed by atoms with Crippen molar-refractivity contribution in [2.24, 2.45) is 0 Å². The molecule has 0 radical (unpaired) electrons. The summed E-state index contributed by atoms with van der Waals surface area (Å²) in [7, 11) is 0. The van der Waals surface area contributed by atoms with Gasteiger partial charge in [-0.1, -0.05) is 0 Å². The fourth-order valence-electron chi connectivity index (χ4n) is 0.440. The Morgan fingerprint density at radius 3 is 0.706 bits per heavy atom. The van der Waals surface area contributed by atoms with E-state index in [1.54, 1.807) is 0 Å². The van der Waals surface area contributed by atoms with Gasteiger partial charge in [-0.15, -0.1) is 0 Å². The van der Waals surface area contributed by atoms with E-state index in [1.807, 2.05) is 0 Å². The van der Waals surface area contributed by atoms with Crippen LogP contribution in [-0.4, -0.2) is 53.6 Å². The van der Waals surface area contributed by atoms with E-state index in [0.717, 1.165) is 26.4 Å². The quantitative estimate of drug-likeness (QED) is 0.251. The average Bonchev–Trinajstić information content (AvgIpc) is 2.41. The van der Waals surface area contributed by atoms with Gasteiger partial charge in [0, 0.05) is 0 Å². The van der Waals surface area contributed by atoms with E-state index in [9.17, 15) is 0 Å². The zero-order chi connectivity index (χ0) is 12.2. The van der Waals surface area contributed by atoms with Crippen molar-refractivity contribution in [3.8, 4) is 0 Å². The van der Waals surface area contributed by atoms with Gasteiger partial charge in [0.05, 0.1) is 26.4 Å². The third kappa shape index (κ3) is 77.2. The minimum atomic E-state index is 0. The van der Waals surface area contributed by atoms with Gasteiger partial charge in [0.1, 0.15) is 0 Å². The summed E-state index contributed by atoms with van der Waals surface area (Å²) in [6.45, 7) is 16.1. The molecule has 1 aliphatic rings. The Kier molecular flexibility index (Phi) is 222. The van der Waals surface area contributed by atoms with Crippen molar-refractivity contribution < 1.29 is 105 Å². The fraction of sp³-hybridized carbons (Fsp3) is 0.500. The standard InChI is InChI=1S/C4H8O2.4CHO.Fe.2Na/c1-2-6-4-3-5-1;4*1-2;;;/h1-4H2;4*1H;;;/q;4*-1;+2;2*+1. The van der Waals surface area contributed by atoms with Crippen molar-refractivity contribution in [3.63, 3.8) is 0 Å². The number of hydrogen-bond acceptors (Lipinski definition) is 6. The van der Waals surface area contributed by atoms with Crippen LogP contribution in [0.4, 0.5) is 0 Å². The Morgan fingerprint density at radius 2 is 0.647 bits per heavy atom. The van der Waals surface area contributed by atoms with Crippen LogP contribution in [0.1, 0.15) is 0 Å². The summed E-state index contributed by atoms with van der Waals surface area (Å²) >= 11 is 0. The first-order valence-corrected chi connectivity index (χ1v) is 3.10. The SMILES string of the molecule is C1COCCO1.[CH-]=O.[CH-]=O.[CH-]=O.[CH-]=O.[Fe+2].[Na+].[Na+]. The first kappa shape index (κ1) is 42.9. The van der Waals surface area contributed by atoms with Gasteiger partial charge in [-0.3, -0.25) is 27.2 Å². The first-order valence-electron chi connectivity index (χ1n) is 3.10. The maximum absolute atomic E-state index is 7.75. The summed E-state index contributed by atoms with van der Waals surface area (Å²) in [5.41, 5.74) is 0. The Labute approximate surface area is 157 Å². The molecule has 0 amide bonds. The van der Waals surface area contributed by atoms with E-state index in [4.69, 9.17) is 28.7 Å². The Bertz CT molecular complexity index is 70.9. The first-order chi connectivity index (χ1) is 7.00. The molecule has 9 heteroatoms. The molecule has 1 fully saturated rings. The maximum Gasteiger partial charge on any atom is 2.00 e. The van der Waals surface area contributed by atoms with E-state index >= 15 is 0 Å². The van der Waals surface area contributed by atoms with Gasteiger partial charge in [0.15, 0.2) is 0 Å². The summed E-state index contributed by atoms with van der Waals surface area (Å²) in [5.74, 6) is 0. The largest absolute Gasteiger partial charge is 2.00 e. The molecule has 0 spiro atoms. The smallest absolute Gasteiger partial charge is 0.545 e. The monoisotopic (exact) mass is 306 g/mol. The van der Waals surface area contributed by atoms with E-state index in [2.05, 4.69) is 27.2 Å². The summed E-state index contributed by atoms with van der Waals surface area (Å²) in [5, 5.41) is 0. The second-order valence-electron chi connectivity index (χ2n) is 1.22. The molecule has 1 aliphatic heterocycles. The molecule has 6 nitrogen and oxygen atoms in total. The molecule has 0 aromatic carbocycles. The van der Waals surface area contributed by atoms with Crippen molar-refractivity contribution in [1.82, 2.24) is 0 Å². The van der Waals surface area contributed by atoms with Crippen LogP contribution in [-0.2, 0) is 45.7 Å². The van der Waals surface area contributed by atoms with E-state index in [-0.39, 0.29) is 76.2 Å². The minimum absolute atomic E-state index is 0. The molecule has 17 heavy (non-hydrogen) atoms. The molecule has 90 valence electrons. The van der Waals surface area contributed by atoms with Crippen LogP contribution in [0, 0.1) is 0 Å². The van der Waals surface area contributed by atoms with Gasteiger partial charge in [0.25, 0.3) is 0 Å². The van der Waals surface area contributed by atoms with Crippen LogP contribution in [0.3, 0.4) is 0 Å². The van der Waals surface area contributed by atoms with Crippen molar-refractivity contribution in [3.05, 3.63) is 0 Å². The fourth-order valence-corrected chi connectivity index (χ4v) is 0.440. The molecule has 0 aliphatic carbocycles. The second-order valence-corrected chi connectivity index (χ2v) is 1.22. The topological polar surface area (TPSA) is 86.7 Å². The Balaban J connectivity index is -0.0000000162. The molecule has 0 unspecified atom stereocenters. The zero-order valence-electron chi connectivity index (χ0n) is 9.94. The van der Waals surface area contributed by atoms with Crippen LogP contribution in [0.25, 0.3) is 0 Å². The minimum Gasteiger partial charge on any atom is -0.545 e. The number of carbonyl (C=O) groups excluding carboxylic acids is 4. The van der Waals surface area contributed by atoms with Crippen LogP contribution in [0.5, 0.6) is 0 Å². The predicted octanol–water partition coefficient (Wildman–Crippen LogP) is -7.06. The van der Waals surface area contributed by atoms with Crippen molar-refractivity contribution >= 4 is 27.2 Å². The Morgan fingerprint density at radius 1 is 0.529 bits per heavy atom. The van der Waals surface area contributed by atoms with E-state index in [0.29, 0.717) is 0 Å². The number of hydrogen-bond donors (Lipinski definition) is 0. The third-order valence-electron chi connectivity index (χ3n) is 0.744. The number of rotatable bonds is 0. The van der Waals surface area contributed by atoms with Gasteiger partial charge >= 0.3 is 76.2 Å². The van der Waals surface area contributed by atoms with Crippen molar-refractivity contribution in [1.29, 1.82) is 0 Å². The van der Waals surface area contributed by atoms with Crippen LogP contribution in [0.2, 0.25) is 0 Å². The third-order valence-corrected chi connectivity index (χ3v) is 0.744. The zero-order valence-corrected chi connectivity index (χ0v) is 15.0. The Hall–Kier alpha value is 1.12. The summed E-state index contributed by atoms with van der Waals surface area (Å²) in [4.78, 5) is 31.0. The van der Waals surface area contributed by atoms with Gasteiger partial charge < -0.3 is 28.7 Å². The molecule has 0 aromatic rings.